The number of rotatable bonds is 6. The smallest absolute Gasteiger partial charge is 0.320 e. The van der Waals surface area contributed by atoms with Crippen LogP contribution in [0.3, 0.4) is 0 Å². The zero-order chi connectivity index (χ0) is 12.8. The Bertz CT molecular complexity index is 362. The molecular weight excluding hydrogens is 216 g/mol. The van der Waals surface area contributed by atoms with Crippen molar-refractivity contribution in [1.82, 2.24) is 5.32 Å². The average molecular weight is 236 g/mol. The van der Waals surface area contributed by atoms with E-state index in [1.54, 1.807) is 0 Å². The third-order valence-corrected chi connectivity index (χ3v) is 2.71. The molecule has 0 aliphatic carbocycles. The lowest BCUT2D eigenvalue weighted by Crippen LogP contribution is -2.42. The third-order valence-electron chi connectivity index (χ3n) is 2.71. The number of nitrogen functional groups attached to an aromatic ring is 1. The van der Waals surface area contributed by atoms with Gasteiger partial charge in [0.15, 0.2) is 0 Å². The van der Waals surface area contributed by atoms with Crippen LogP contribution in [-0.2, 0) is 11.2 Å². The molecule has 17 heavy (non-hydrogen) atoms. The Labute approximate surface area is 102 Å². The van der Waals surface area contributed by atoms with Crippen molar-refractivity contribution < 1.29 is 9.90 Å². The number of benzene rings is 1. The molecule has 2 unspecified atom stereocenters. The molecule has 0 heterocycles. The Hall–Kier alpha value is -1.55. The van der Waals surface area contributed by atoms with Crippen molar-refractivity contribution in [2.45, 2.75) is 38.8 Å². The van der Waals surface area contributed by atoms with Crippen molar-refractivity contribution in [3.63, 3.8) is 0 Å². The number of carboxylic acid groups (broad SMARTS) is 1. The molecule has 4 N–H and O–H groups in total. The number of carboxylic acids is 1. The SMILES string of the molecule is CCC(NC(C)Cc1ccc(N)cc1)C(=O)O. The van der Waals surface area contributed by atoms with Gasteiger partial charge in [-0.2, -0.15) is 0 Å². The Morgan fingerprint density at radius 2 is 2.00 bits per heavy atom. The summed E-state index contributed by atoms with van der Waals surface area (Å²) in [5.74, 6) is -0.795. The van der Waals surface area contributed by atoms with E-state index in [4.69, 9.17) is 10.8 Å². The highest BCUT2D eigenvalue weighted by Gasteiger charge is 2.17. The molecular formula is C13H20N2O2. The minimum Gasteiger partial charge on any atom is -0.480 e. The first kappa shape index (κ1) is 13.5. The van der Waals surface area contributed by atoms with Gasteiger partial charge < -0.3 is 16.2 Å². The molecule has 1 aromatic carbocycles. The number of nitrogens with two attached hydrogens (primary N) is 1. The van der Waals surface area contributed by atoms with E-state index in [0.717, 1.165) is 17.7 Å². The normalized spacial score (nSPS) is 14.2. The number of hydrogen-bond acceptors (Lipinski definition) is 3. The first-order valence-corrected chi connectivity index (χ1v) is 5.86. The summed E-state index contributed by atoms with van der Waals surface area (Å²) in [5, 5.41) is 12.0. The van der Waals surface area contributed by atoms with Crippen LogP contribution >= 0.6 is 0 Å². The van der Waals surface area contributed by atoms with Gasteiger partial charge >= 0.3 is 5.97 Å². The minimum atomic E-state index is -0.795. The van der Waals surface area contributed by atoms with Gasteiger partial charge in [0, 0.05) is 11.7 Å². The van der Waals surface area contributed by atoms with Crippen LogP contribution in [0.4, 0.5) is 5.69 Å². The third kappa shape index (κ3) is 4.44. The fraction of sp³-hybridized carbons (Fsp3) is 0.462. The Morgan fingerprint density at radius 1 is 1.41 bits per heavy atom. The fourth-order valence-electron chi connectivity index (χ4n) is 1.77. The molecule has 0 radical (unpaired) electrons. The molecule has 0 saturated carbocycles. The molecule has 1 rings (SSSR count). The zero-order valence-corrected chi connectivity index (χ0v) is 10.3. The number of hydrogen-bond donors (Lipinski definition) is 3. The highest BCUT2D eigenvalue weighted by atomic mass is 16.4. The van der Waals surface area contributed by atoms with E-state index < -0.39 is 12.0 Å². The highest BCUT2D eigenvalue weighted by molar-refractivity contribution is 5.73. The van der Waals surface area contributed by atoms with Gasteiger partial charge in [-0.25, -0.2) is 0 Å². The van der Waals surface area contributed by atoms with Crippen molar-refractivity contribution in [1.29, 1.82) is 0 Å². The van der Waals surface area contributed by atoms with Crippen molar-refractivity contribution in [2.75, 3.05) is 5.73 Å². The van der Waals surface area contributed by atoms with Gasteiger partial charge in [0.05, 0.1) is 0 Å². The maximum absolute atomic E-state index is 10.9. The molecule has 0 saturated heterocycles. The lowest BCUT2D eigenvalue weighted by Gasteiger charge is -2.19. The van der Waals surface area contributed by atoms with E-state index in [1.165, 1.54) is 0 Å². The molecule has 0 fully saturated rings. The van der Waals surface area contributed by atoms with Gasteiger partial charge in [0.2, 0.25) is 0 Å². The molecule has 0 aliphatic heterocycles. The lowest BCUT2D eigenvalue weighted by atomic mass is 10.1. The van der Waals surface area contributed by atoms with Crippen LogP contribution in [0, 0.1) is 0 Å². The minimum absolute atomic E-state index is 0.125. The molecule has 0 amide bonds. The summed E-state index contributed by atoms with van der Waals surface area (Å²) < 4.78 is 0. The van der Waals surface area contributed by atoms with Crippen LogP contribution < -0.4 is 11.1 Å². The maximum Gasteiger partial charge on any atom is 0.320 e. The predicted molar refractivity (Wildman–Crippen MR) is 68.9 cm³/mol. The van der Waals surface area contributed by atoms with Gasteiger partial charge in [-0.3, -0.25) is 4.79 Å². The Balaban J connectivity index is 2.51. The number of nitrogens with one attached hydrogen (secondary N) is 1. The summed E-state index contributed by atoms with van der Waals surface area (Å²) in [6, 6.07) is 7.30. The molecule has 94 valence electrons. The number of anilines is 1. The largest absolute Gasteiger partial charge is 0.480 e. The topological polar surface area (TPSA) is 75.3 Å². The molecule has 1 aromatic rings. The van der Waals surface area contributed by atoms with Crippen LogP contribution in [0.2, 0.25) is 0 Å². The Morgan fingerprint density at radius 3 is 2.47 bits per heavy atom. The standard InChI is InChI=1S/C13H20N2O2/c1-3-12(13(16)17)15-9(2)8-10-4-6-11(14)7-5-10/h4-7,9,12,15H,3,8,14H2,1-2H3,(H,16,17). The molecule has 0 aliphatic rings. The van der Waals surface area contributed by atoms with Crippen LogP contribution in [0.15, 0.2) is 24.3 Å². The monoisotopic (exact) mass is 236 g/mol. The van der Waals surface area contributed by atoms with E-state index in [9.17, 15) is 4.79 Å². The fourth-order valence-corrected chi connectivity index (χ4v) is 1.77. The van der Waals surface area contributed by atoms with Crippen molar-refractivity contribution in [3.8, 4) is 0 Å². The molecule has 4 heteroatoms. The molecule has 0 aromatic heterocycles. The maximum atomic E-state index is 10.9. The summed E-state index contributed by atoms with van der Waals surface area (Å²) in [4.78, 5) is 10.9. The second kappa shape index (κ2) is 6.25. The van der Waals surface area contributed by atoms with Crippen LogP contribution in [-0.4, -0.2) is 23.2 Å². The van der Waals surface area contributed by atoms with Gasteiger partial charge in [-0.15, -0.1) is 0 Å². The van der Waals surface area contributed by atoms with Crippen LogP contribution in [0.25, 0.3) is 0 Å². The summed E-state index contributed by atoms with van der Waals surface area (Å²) >= 11 is 0. The first-order valence-electron chi connectivity index (χ1n) is 5.86. The highest BCUT2D eigenvalue weighted by Crippen LogP contribution is 2.08. The van der Waals surface area contributed by atoms with Gasteiger partial charge in [-0.1, -0.05) is 19.1 Å². The Kier molecular flexibility index (Phi) is 4.97. The molecule has 0 spiro atoms. The van der Waals surface area contributed by atoms with Crippen molar-refractivity contribution >= 4 is 11.7 Å². The zero-order valence-electron chi connectivity index (χ0n) is 10.3. The van der Waals surface area contributed by atoms with E-state index in [2.05, 4.69) is 5.32 Å². The average Bonchev–Trinajstić information content (AvgIpc) is 2.28. The summed E-state index contributed by atoms with van der Waals surface area (Å²) in [6.07, 6.45) is 1.38. The van der Waals surface area contributed by atoms with E-state index in [1.807, 2.05) is 38.1 Å². The second-order valence-corrected chi connectivity index (χ2v) is 4.31. The molecule has 4 nitrogen and oxygen atoms in total. The second-order valence-electron chi connectivity index (χ2n) is 4.31. The quantitative estimate of drug-likeness (QED) is 0.656. The van der Waals surface area contributed by atoms with Crippen LogP contribution in [0.5, 0.6) is 0 Å². The predicted octanol–water partition coefficient (Wildman–Crippen LogP) is 1.65. The van der Waals surface area contributed by atoms with Gasteiger partial charge in [-0.05, 0) is 37.5 Å². The van der Waals surface area contributed by atoms with Crippen molar-refractivity contribution in [3.05, 3.63) is 29.8 Å². The summed E-state index contributed by atoms with van der Waals surface area (Å²) in [6.45, 7) is 3.85. The summed E-state index contributed by atoms with van der Waals surface area (Å²) in [7, 11) is 0. The molecule has 0 bridgehead atoms. The number of aliphatic carboxylic acids is 1. The van der Waals surface area contributed by atoms with Crippen LogP contribution in [0.1, 0.15) is 25.8 Å². The van der Waals surface area contributed by atoms with Gasteiger partial charge in [0.25, 0.3) is 0 Å². The number of carbonyl (C=O) groups is 1. The van der Waals surface area contributed by atoms with Gasteiger partial charge in [0.1, 0.15) is 6.04 Å². The summed E-state index contributed by atoms with van der Waals surface area (Å²) in [5.41, 5.74) is 7.50. The van der Waals surface area contributed by atoms with Crippen molar-refractivity contribution in [2.24, 2.45) is 0 Å². The van der Waals surface area contributed by atoms with E-state index in [-0.39, 0.29) is 6.04 Å². The van der Waals surface area contributed by atoms with E-state index >= 15 is 0 Å². The first-order chi connectivity index (χ1) is 8.02. The molecule has 2 atom stereocenters. The van der Waals surface area contributed by atoms with E-state index in [0.29, 0.717) is 6.42 Å². The lowest BCUT2D eigenvalue weighted by molar-refractivity contribution is -0.139.